The normalized spacial score (nSPS) is 16.5. The molecule has 0 aromatic heterocycles. The van der Waals surface area contributed by atoms with Gasteiger partial charge in [-0.3, -0.25) is 0 Å². The minimum absolute atomic E-state index is 1.06. The summed E-state index contributed by atoms with van der Waals surface area (Å²) >= 11 is 0. The van der Waals surface area contributed by atoms with Crippen LogP contribution in [0.3, 0.4) is 0 Å². The molecular weight excluding hydrogens is 268 g/mol. The highest BCUT2D eigenvalue weighted by Crippen LogP contribution is 2.37. The van der Waals surface area contributed by atoms with Crippen LogP contribution in [0, 0.1) is 0 Å². The van der Waals surface area contributed by atoms with Gasteiger partial charge in [0.2, 0.25) is 0 Å². The maximum absolute atomic E-state index is 2.31. The Balaban J connectivity index is 1.78. The molecule has 0 aliphatic heterocycles. The van der Waals surface area contributed by atoms with Crippen LogP contribution < -0.4 is 4.90 Å². The summed E-state index contributed by atoms with van der Waals surface area (Å²) in [6.07, 6.45) is 12.2. The zero-order valence-electron chi connectivity index (χ0n) is 13.8. The second kappa shape index (κ2) is 5.80. The van der Waals surface area contributed by atoms with Gasteiger partial charge in [-0.1, -0.05) is 18.2 Å². The van der Waals surface area contributed by atoms with Gasteiger partial charge in [-0.15, -0.1) is 0 Å². The van der Waals surface area contributed by atoms with E-state index >= 15 is 0 Å². The quantitative estimate of drug-likeness (QED) is 0.753. The highest BCUT2D eigenvalue weighted by molar-refractivity contribution is 6.02. The van der Waals surface area contributed by atoms with Gasteiger partial charge < -0.3 is 4.90 Å². The summed E-state index contributed by atoms with van der Waals surface area (Å²) < 4.78 is 2.13. The van der Waals surface area contributed by atoms with E-state index in [-0.39, 0.29) is 0 Å². The number of rotatable bonds is 2. The second-order valence-electron chi connectivity index (χ2n) is 6.25. The molecule has 2 aliphatic carbocycles. The van der Waals surface area contributed by atoms with Crippen molar-refractivity contribution >= 4 is 17.0 Å². The first-order chi connectivity index (χ1) is 10.5. The van der Waals surface area contributed by atoms with Gasteiger partial charge in [-0.05, 0) is 53.0 Å². The van der Waals surface area contributed by atoms with E-state index in [0.29, 0.717) is 0 Å². The minimum Gasteiger partial charge on any atom is -0.378 e. The molecule has 0 spiro atoms. The molecule has 1 aromatic carbocycles. The van der Waals surface area contributed by atoms with Crippen molar-refractivity contribution in [2.75, 3.05) is 33.1 Å². The third kappa shape index (κ3) is 2.82. The Kier molecular flexibility index (Phi) is 3.84. The van der Waals surface area contributed by atoms with Crippen molar-refractivity contribution in [2.45, 2.75) is 6.42 Å². The average molecular weight is 291 g/mol. The van der Waals surface area contributed by atoms with Gasteiger partial charge in [0.25, 0.3) is 0 Å². The summed E-state index contributed by atoms with van der Waals surface area (Å²) in [5.74, 6) is 0. The zero-order chi connectivity index (χ0) is 15.7. The molecule has 0 heterocycles. The second-order valence-corrected chi connectivity index (χ2v) is 6.25. The van der Waals surface area contributed by atoms with Crippen LogP contribution in [0.2, 0.25) is 0 Å². The largest absolute Gasteiger partial charge is 0.378 e. The Hall–Kier alpha value is -2.35. The van der Waals surface area contributed by atoms with Crippen LogP contribution in [0.5, 0.6) is 0 Å². The summed E-state index contributed by atoms with van der Waals surface area (Å²) in [4.78, 5) is 2.13. The molecule has 22 heavy (non-hydrogen) atoms. The molecule has 0 fully saturated rings. The van der Waals surface area contributed by atoms with Gasteiger partial charge in [-0.25, -0.2) is 4.58 Å². The molecule has 2 aliphatic rings. The SMILES string of the molecule is CN(C)c1ccc(C2=CC(=C3C=CC(=[N+](C)C)C=C3)C2)cc1. The van der Waals surface area contributed by atoms with Crippen LogP contribution in [0.25, 0.3) is 5.57 Å². The number of anilines is 1. The van der Waals surface area contributed by atoms with Crippen LogP contribution in [-0.2, 0) is 0 Å². The Morgan fingerprint density at radius 2 is 1.50 bits per heavy atom. The van der Waals surface area contributed by atoms with Gasteiger partial charge in [-0.2, -0.15) is 0 Å². The molecule has 0 bridgehead atoms. The summed E-state index contributed by atoms with van der Waals surface area (Å²) in [5, 5.41) is 0. The first-order valence-corrected chi connectivity index (χ1v) is 7.66. The molecule has 0 unspecified atom stereocenters. The molecule has 2 heteroatoms. The summed E-state index contributed by atoms with van der Waals surface area (Å²) in [7, 11) is 8.28. The number of hydrogen-bond donors (Lipinski definition) is 0. The number of allylic oxidation sites excluding steroid dienone is 8. The highest BCUT2D eigenvalue weighted by Gasteiger charge is 2.17. The van der Waals surface area contributed by atoms with Crippen molar-refractivity contribution in [1.82, 2.24) is 0 Å². The van der Waals surface area contributed by atoms with Crippen LogP contribution in [-0.4, -0.2) is 38.5 Å². The van der Waals surface area contributed by atoms with Gasteiger partial charge in [0.1, 0.15) is 14.1 Å². The third-order valence-electron chi connectivity index (χ3n) is 4.24. The Bertz CT molecular complexity index is 716. The maximum atomic E-state index is 2.31. The summed E-state index contributed by atoms with van der Waals surface area (Å²) in [6, 6.07) is 8.79. The van der Waals surface area contributed by atoms with E-state index in [1.807, 2.05) is 0 Å². The predicted molar refractivity (Wildman–Crippen MR) is 95.8 cm³/mol. The van der Waals surface area contributed by atoms with Gasteiger partial charge in [0.05, 0.1) is 0 Å². The fourth-order valence-electron chi connectivity index (χ4n) is 2.70. The topological polar surface area (TPSA) is 6.25 Å². The van der Waals surface area contributed by atoms with Gasteiger partial charge >= 0.3 is 0 Å². The smallest absolute Gasteiger partial charge is 0.199 e. The Morgan fingerprint density at radius 1 is 0.909 bits per heavy atom. The molecule has 3 rings (SSSR count). The summed E-state index contributed by atoms with van der Waals surface area (Å²) in [5.41, 5.74) is 8.01. The molecule has 0 radical (unpaired) electrons. The number of benzene rings is 1. The molecule has 0 saturated heterocycles. The van der Waals surface area contributed by atoms with Gasteiger partial charge in [0, 0.05) is 31.9 Å². The van der Waals surface area contributed by atoms with E-state index in [9.17, 15) is 0 Å². The molecule has 0 saturated carbocycles. The van der Waals surface area contributed by atoms with Crippen LogP contribution in [0.4, 0.5) is 5.69 Å². The Morgan fingerprint density at radius 3 is 2.00 bits per heavy atom. The maximum Gasteiger partial charge on any atom is 0.199 e. The first kappa shape index (κ1) is 14.6. The molecule has 1 aromatic rings. The van der Waals surface area contributed by atoms with Crippen molar-refractivity contribution in [3.63, 3.8) is 0 Å². The molecule has 0 atom stereocenters. The predicted octanol–water partition coefficient (Wildman–Crippen LogP) is 3.68. The molecule has 0 amide bonds. The van der Waals surface area contributed by atoms with Crippen molar-refractivity contribution in [3.05, 3.63) is 71.4 Å². The molecule has 112 valence electrons. The van der Waals surface area contributed by atoms with E-state index < -0.39 is 0 Å². The van der Waals surface area contributed by atoms with E-state index in [4.69, 9.17) is 0 Å². The lowest BCUT2D eigenvalue weighted by atomic mass is 9.83. The lowest BCUT2D eigenvalue weighted by Crippen LogP contribution is -2.10. The third-order valence-corrected chi connectivity index (χ3v) is 4.24. The van der Waals surface area contributed by atoms with E-state index in [2.05, 4.69) is 92.3 Å². The van der Waals surface area contributed by atoms with E-state index in [1.165, 1.54) is 33.7 Å². The van der Waals surface area contributed by atoms with Gasteiger partial charge in [0.15, 0.2) is 5.71 Å². The van der Waals surface area contributed by atoms with E-state index in [0.717, 1.165) is 6.42 Å². The first-order valence-electron chi connectivity index (χ1n) is 7.66. The summed E-state index contributed by atoms with van der Waals surface area (Å²) in [6.45, 7) is 0. The number of nitrogens with zero attached hydrogens (tertiary/aromatic N) is 2. The monoisotopic (exact) mass is 291 g/mol. The lowest BCUT2D eigenvalue weighted by Gasteiger charge is -2.22. The van der Waals surface area contributed by atoms with Crippen molar-refractivity contribution in [1.29, 1.82) is 0 Å². The average Bonchev–Trinajstić information content (AvgIpc) is 2.47. The fraction of sp³-hybridized carbons (Fsp3) is 0.250. The van der Waals surface area contributed by atoms with Crippen LogP contribution >= 0.6 is 0 Å². The minimum atomic E-state index is 1.06. The molecule has 2 nitrogen and oxygen atoms in total. The standard InChI is InChI=1S/C20H23N2/c1-21(2)19-9-5-15(6-10-19)17-13-18(14-17)16-7-11-20(12-8-16)22(3)4/h5-13H,14H2,1-4H3/q+1. The highest BCUT2D eigenvalue weighted by atomic mass is 15.1. The fourth-order valence-corrected chi connectivity index (χ4v) is 2.70. The van der Waals surface area contributed by atoms with Crippen molar-refractivity contribution in [3.8, 4) is 0 Å². The van der Waals surface area contributed by atoms with Crippen molar-refractivity contribution in [2.24, 2.45) is 0 Å². The molecule has 0 N–H and O–H groups in total. The zero-order valence-corrected chi connectivity index (χ0v) is 13.8. The van der Waals surface area contributed by atoms with Crippen LogP contribution in [0.15, 0.2) is 65.8 Å². The number of hydrogen-bond acceptors (Lipinski definition) is 1. The van der Waals surface area contributed by atoms with Crippen molar-refractivity contribution < 1.29 is 4.58 Å². The van der Waals surface area contributed by atoms with Crippen LogP contribution in [0.1, 0.15) is 12.0 Å². The Labute approximate surface area is 133 Å². The lowest BCUT2D eigenvalue weighted by molar-refractivity contribution is -0.462. The van der Waals surface area contributed by atoms with E-state index in [1.54, 1.807) is 0 Å². The molecular formula is C20H23N2+.